The van der Waals surface area contributed by atoms with Gasteiger partial charge in [-0.3, -0.25) is 9.59 Å². The molecular formula is C16H19F3N2O2. The van der Waals surface area contributed by atoms with Gasteiger partial charge in [-0.1, -0.05) is 19.1 Å². The third kappa shape index (κ3) is 4.46. The number of likely N-dealkylation sites (tertiary alicyclic amines) is 1. The Labute approximate surface area is 132 Å². The normalized spacial score (nSPS) is 21.5. The van der Waals surface area contributed by atoms with Crippen LogP contribution in [0, 0.1) is 11.8 Å². The number of hydrogen-bond donors (Lipinski definition) is 1. The van der Waals surface area contributed by atoms with E-state index in [0.717, 1.165) is 0 Å². The van der Waals surface area contributed by atoms with Gasteiger partial charge in [0.2, 0.25) is 5.91 Å². The molecule has 23 heavy (non-hydrogen) atoms. The number of primary amides is 1. The van der Waals surface area contributed by atoms with Crippen molar-refractivity contribution in [3.8, 4) is 0 Å². The molecule has 0 unspecified atom stereocenters. The van der Waals surface area contributed by atoms with Crippen molar-refractivity contribution < 1.29 is 22.8 Å². The van der Waals surface area contributed by atoms with Gasteiger partial charge in [-0.2, -0.15) is 13.2 Å². The Morgan fingerprint density at radius 3 is 2.30 bits per heavy atom. The van der Waals surface area contributed by atoms with Gasteiger partial charge >= 0.3 is 6.18 Å². The van der Waals surface area contributed by atoms with Crippen molar-refractivity contribution in [2.45, 2.75) is 25.9 Å². The number of halogens is 3. The van der Waals surface area contributed by atoms with Crippen LogP contribution in [-0.4, -0.2) is 36.0 Å². The van der Waals surface area contributed by atoms with E-state index in [1.807, 2.05) is 6.92 Å². The molecule has 0 saturated carbocycles. The number of alkyl halides is 3. The summed E-state index contributed by atoms with van der Waals surface area (Å²) in [6.07, 6.45) is -5.18. The van der Waals surface area contributed by atoms with Crippen molar-refractivity contribution in [3.63, 3.8) is 0 Å². The Morgan fingerprint density at radius 1 is 1.22 bits per heavy atom. The Hall–Kier alpha value is -2.05. The van der Waals surface area contributed by atoms with E-state index in [1.54, 1.807) is 4.90 Å². The molecule has 2 amide bonds. The lowest BCUT2D eigenvalue weighted by Gasteiger charge is -2.16. The van der Waals surface area contributed by atoms with Gasteiger partial charge in [0, 0.05) is 25.1 Å². The van der Waals surface area contributed by atoms with Crippen LogP contribution in [0.4, 0.5) is 13.2 Å². The molecule has 1 saturated heterocycles. The molecule has 1 aromatic carbocycles. The zero-order valence-electron chi connectivity index (χ0n) is 12.8. The quantitative estimate of drug-likeness (QED) is 0.922. The van der Waals surface area contributed by atoms with Gasteiger partial charge < -0.3 is 10.6 Å². The van der Waals surface area contributed by atoms with Gasteiger partial charge in [0.05, 0.1) is 5.92 Å². The summed E-state index contributed by atoms with van der Waals surface area (Å²) < 4.78 is 36.6. The maximum atomic E-state index is 12.4. The van der Waals surface area contributed by atoms with E-state index in [9.17, 15) is 22.8 Å². The SMILES string of the molecule is C[C@@H]1CN(C(=O)c2ccc(CCC(F)(F)F)cc2)C[C@H]1C(N)=O. The molecule has 7 heteroatoms. The molecule has 2 atom stereocenters. The van der Waals surface area contributed by atoms with E-state index < -0.39 is 18.5 Å². The number of carbonyl (C=O) groups is 2. The average molecular weight is 328 g/mol. The van der Waals surface area contributed by atoms with E-state index in [-0.39, 0.29) is 30.7 Å². The second-order valence-electron chi connectivity index (χ2n) is 6.01. The van der Waals surface area contributed by atoms with Gasteiger partial charge in [-0.05, 0) is 30.0 Å². The summed E-state index contributed by atoms with van der Waals surface area (Å²) in [6, 6.07) is 6.11. The molecular weight excluding hydrogens is 309 g/mol. The Bertz CT molecular complexity index is 584. The third-order valence-electron chi connectivity index (χ3n) is 4.16. The summed E-state index contributed by atoms with van der Waals surface area (Å²) in [5.41, 5.74) is 6.24. The number of aryl methyl sites for hydroxylation is 1. The predicted octanol–water partition coefficient (Wildman–Crippen LogP) is 2.37. The fourth-order valence-electron chi connectivity index (χ4n) is 2.79. The number of rotatable bonds is 4. The number of carbonyl (C=O) groups excluding carboxylic acids is 2. The molecule has 1 aliphatic rings. The van der Waals surface area contributed by atoms with Crippen LogP contribution in [0.5, 0.6) is 0 Å². The fourth-order valence-corrected chi connectivity index (χ4v) is 2.79. The van der Waals surface area contributed by atoms with Crippen LogP contribution in [0.15, 0.2) is 24.3 Å². The first kappa shape index (κ1) is 17.3. The van der Waals surface area contributed by atoms with Crippen LogP contribution < -0.4 is 5.73 Å². The van der Waals surface area contributed by atoms with Crippen LogP contribution in [0.25, 0.3) is 0 Å². The molecule has 126 valence electrons. The molecule has 1 aliphatic heterocycles. The molecule has 0 radical (unpaired) electrons. The van der Waals surface area contributed by atoms with Crippen molar-refractivity contribution in [2.75, 3.05) is 13.1 Å². The van der Waals surface area contributed by atoms with Gasteiger partial charge in [-0.25, -0.2) is 0 Å². The predicted molar refractivity (Wildman–Crippen MR) is 78.6 cm³/mol. The van der Waals surface area contributed by atoms with Gasteiger partial charge in [0.25, 0.3) is 5.91 Å². The lowest BCUT2D eigenvalue weighted by atomic mass is 9.98. The molecule has 4 nitrogen and oxygen atoms in total. The number of nitrogens with zero attached hydrogens (tertiary/aromatic N) is 1. The number of hydrogen-bond acceptors (Lipinski definition) is 2. The van der Waals surface area contributed by atoms with Crippen LogP contribution in [0.1, 0.15) is 29.3 Å². The van der Waals surface area contributed by atoms with E-state index in [0.29, 0.717) is 17.7 Å². The largest absolute Gasteiger partial charge is 0.389 e. The van der Waals surface area contributed by atoms with Crippen molar-refractivity contribution in [2.24, 2.45) is 17.6 Å². The summed E-state index contributed by atoms with van der Waals surface area (Å²) in [5, 5.41) is 0. The summed E-state index contributed by atoms with van der Waals surface area (Å²) in [5.74, 6) is -1.01. The molecule has 0 aliphatic carbocycles. The van der Waals surface area contributed by atoms with Gasteiger partial charge in [-0.15, -0.1) is 0 Å². The molecule has 0 aromatic heterocycles. The molecule has 0 spiro atoms. The van der Waals surface area contributed by atoms with Crippen molar-refractivity contribution >= 4 is 11.8 Å². The first-order chi connectivity index (χ1) is 10.7. The lowest BCUT2D eigenvalue weighted by molar-refractivity contribution is -0.134. The molecule has 1 fully saturated rings. The minimum Gasteiger partial charge on any atom is -0.369 e. The second-order valence-corrected chi connectivity index (χ2v) is 6.01. The van der Waals surface area contributed by atoms with Crippen LogP contribution in [0.2, 0.25) is 0 Å². The van der Waals surface area contributed by atoms with Gasteiger partial charge in [0.15, 0.2) is 0 Å². The summed E-state index contributed by atoms with van der Waals surface area (Å²) in [6.45, 7) is 2.59. The Morgan fingerprint density at radius 2 is 1.83 bits per heavy atom. The van der Waals surface area contributed by atoms with Crippen molar-refractivity contribution in [3.05, 3.63) is 35.4 Å². The van der Waals surface area contributed by atoms with E-state index in [2.05, 4.69) is 0 Å². The summed E-state index contributed by atoms with van der Waals surface area (Å²) >= 11 is 0. The minimum absolute atomic E-state index is 0.00232. The molecule has 2 N–H and O–H groups in total. The highest BCUT2D eigenvalue weighted by Crippen LogP contribution is 2.25. The fraction of sp³-hybridized carbons (Fsp3) is 0.500. The minimum atomic E-state index is -4.19. The van der Waals surface area contributed by atoms with Gasteiger partial charge in [0.1, 0.15) is 0 Å². The highest BCUT2D eigenvalue weighted by atomic mass is 19.4. The second kappa shape index (κ2) is 6.60. The first-order valence-corrected chi connectivity index (χ1v) is 7.41. The van der Waals surface area contributed by atoms with Crippen LogP contribution >= 0.6 is 0 Å². The van der Waals surface area contributed by atoms with E-state index >= 15 is 0 Å². The topological polar surface area (TPSA) is 63.4 Å². The zero-order chi connectivity index (χ0) is 17.2. The van der Waals surface area contributed by atoms with Crippen LogP contribution in [-0.2, 0) is 11.2 Å². The standard InChI is InChI=1S/C16H19F3N2O2/c1-10-8-21(9-13(10)14(20)22)15(23)12-4-2-11(3-5-12)6-7-16(17,18)19/h2-5,10,13H,6-9H2,1H3,(H2,20,22)/t10-,13-/m1/s1. The van der Waals surface area contributed by atoms with Crippen molar-refractivity contribution in [1.29, 1.82) is 0 Å². The third-order valence-corrected chi connectivity index (χ3v) is 4.16. The Balaban J connectivity index is 1.99. The number of benzene rings is 1. The smallest absolute Gasteiger partial charge is 0.369 e. The maximum Gasteiger partial charge on any atom is 0.389 e. The molecule has 1 heterocycles. The molecule has 1 aromatic rings. The molecule has 2 rings (SSSR count). The lowest BCUT2D eigenvalue weighted by Crippen LogP contribution is -2.32. The number of amides is 2. The van der Waals surface area contributed by atoms with Crippen molar-refractivity contribution in [1.82, 2.24) is 4.90 Å². The zero-order valence-corrected chi connectivity index (χ0v) is 12.8. The van der Waals surface area contributed by atoms with E-state index in [4.69, 9.17) is 5.73 Å². The molecule has 0 bridgehead atoms. The Kier molecular flexibility index (Phi) is 4.97. The average Bonchev–Trinajstić information content (AvgIpc) is 2.86. The maximum absolute atomic E-state index is 12.4. The summed E-state index contributed by atoms with van der Waals surface area (Å²) in [4.78, 5) is 25.2. The van der Waals surface area contributed by atoms with Crippen LogP contribution in [0.3, 0.4) is 0 Å². The first-order valence-electron chi connectivity index (χ1n) is 7.41. The highest BCUT2D eigenvalue weighted by Gasteiger charge is 2.36. The summed E-state index contributed by atoms with van der Waals surface area (Å²) in [7, 11) is 0. The monoisotopic (exact) mass is 328 g/mol. The highest BCUT2D eigenvalue weighted by molar-refractivity contribution is 5.95. The number of nitrogens with two attached hydrogens (primary N) is 1. The van der Waals surface area contributed by atoms with E-state index in [1.165, 1.54) is 24.3 Å².